The molecule has 0 amide bonds. The first-order valence-corrected chi connectivity index (χ1v) is 6.79. The van der Waals surface area contributed by atoms with E-state index in [1.54, 1.807) is 7.11 Å². The van der Waals surface area contributed by atoms with Crippen molar-refractivity contribution in [2.75, 3.05) is 32.6 Å². The Bertz CT molecular complexity index is 423. The summed E-state index contributed by atoms with van der Waals surface area (Å²) in [7, 11) is 5.84. The molecule has 0 bridgehead atoms. The molecule has 1 aromatic carbocycles. The molecular weight excluding hydrogens is 248 g/mol. The fourth-order valence-corrected chi connectivity index (χ4v) is 3.05. The van der Waals surface area contributed by atoms with Gasteiger partial charge in [-0.25, -0.2) is 0 Å². The van der Waals surface area contributed by atoms with Gasteiger partial charge in [-0.05, 0) is 45.0 Å². The standard InChI is InChI=1S/C14H21ClN2O/c1-16-9-8-10-4-5-11-13(18-3)7-6-12(15)14(11)17(10)2/h6-7,10,16H,4-5,8-9H2,1-3H3. The SMILES string of the molecule is CNCCC1CCc2c(OC)ccc(Cl)c2N1C. The van der Waals surface area contributed by atoms with E-state index in [1.807, 2.05) is 19.2 Å². The van der Waals surface area contributed by atoms with Crippen molar-refractivity contribution < 1.29 is 4.74 Å². The molecule has 1 unspecified atom stereocenters. The van der Waals surface area contributed by atoms with Crippen molar-refractivity contribution in [1.82, 2.24) is 5.32 Å². The average Bonchev–Trinajstić information content (AvgIpc) is 2.38. The highest BCUT2D eigenvalue weighted by molar-refractivity contribution is 6.33. The van der Waals surface area contributed by atoms with Gasteiger partial charge in [-0.1, -0.05) is 11.6 Å². The fourth-order valence-electron chi connectivity index (χ4n) is 2.74. The number of hydrogen-bond acceptors (Lipinski definition) is 3. The van der Waals surface area contributed by atoms with Crippen molar-refractivity contribution in [3.63, 3.8) is 0 Å². The molecule has 0 aliphatic carbocycles. The molecule has 1 heterocycles. The third-order valence-electron chi connectivity index (χ3n) is 3.77. The van der Waals surface area contributed by atoms with Crippen molar-refractivity contribution in [1.29, 1.82) is 0 Å². The Morgan fingerprint density at radius 3 is 2.94 bits per heavy atom. The van der Waals surface area contributed by atoms with Crippen molar-refractivity contribution >= 4 is 17.3 Å². The maximum Gasteiger partial charge on any atom is 0.124 e. The quantitative estimate of drug-likeness (QED) is 0.909. The third-order valence-corrected chi connectivity index (χ3v) is 4.07. The van der Waals surface area contributed by atoms with Gasteiger partial charge in [-0.2, -0.15) is 0 Å². The van der Waals surface area contributed by atoms with Gasteiger partial charge >= 0.3 is 0 Å². The van der Waals surface area contributed by atoms with Gasteiger partial charge in [0, 0.05) is 18.7 Å². The Labute approximate surface area is 114 Å². The third kappa shape index (κ3) is 2.43. The van der Waals surface area contributed by atoms with E-state index >= 15 is 0 Å². The molecule has 0 aromatic heterocycles. The zero-order chi connectivity index (χ0) is 13.1. The molecule has 0 fully saturated rings. The molecule has 1 aliphatic rings. The number of methoxy groups -OCH3 is 1. The summed E-state index contributed by atoms with van der Waals surface area (Å²) in [6.45, 7) is 1.03. The molecule has 0 saturated carbocycles. The van der Waals surface area contributed by atoms with Crippen LogP contribution >= 0.6 is 11.6 Å². The van der Waals surface area contributed by atoms with Gasteiger partial charge in [0.15, 0.2) is 0 Å². The minimum atomic E-state index is 0.551. The van der Waals surface area contributed by atoms with E-state index in [2.05, 4.69) is 17.3 Å². The summed E-state index contributed by atoms with van der Waals surface area (Å²) in [6, 6.07) is 4.44. The molecule has 1 aromatic rings. The number of nitrogens with zero attached hydrogens (tertiary/aromatic N) is 1. The van der Waals surface area contributed by atoms with Crippen molar-refractivity contribution in [2.45, 2.75) is 25.3 Å². The van der Waals surface area contributed by atoms with Gasteiger partial charge in [-0.3, -0.25) is 0 Å². The summed E-state index contributed by atoms with van der Waals surface area (Å²) in [4.78, 5) is 2.31. The van der Waals surface area contributed by atoms with Gasteiger partial charge in [0.05, 0.1) is 17.8 Å². The Kier molecular flexibility index (Phi) is 4.36. The van der Waals surface area contributed by atoms with Crippen LogP contribution in [0, 0.1) is 0 Å². The molecule has 1 aliphatic heterocycles. The first kappa shape index (κ1) is 13.5. The summed E-state index contributed by atoms with van der Waals surface area (Å²) in [5.41, 5.74) is 2.39. The summed E-state index contributed by atoms with van der Waals surface area (Å²) in [5.74, 6) is 0.952. The van der Waals surface area contributed by atoms with Crippen LogP contribution in [-0.4, -0.2) is 33.8 Å². The van der Waals surface area contributed by atoms with Crippen molar-refractivity contribution in [3.8, 4) is 5.75 Å². The average molecular weight is 269 g/mol. The fraction of sp³-hybridized carbons (Fsp3) is 0.571. The summed E-state index contributed by atoms with van der Waals surface area (Å²) in [6.07, 6.45) is 3.33. The van der Waals surface area contributed by atoms with Crippen LogP contribution in [0.1, 0.15) is 18.4 Å². The Morgan fingerprint density at radius 1 is 1.50 bits per heavy atom. The molecule has 1 atom stereocenters. The van der Waals surface area contributed by atoms with Crippen LogP contribution in [-0.2, 0) is 6.42 Å². The van der Waals surface area contributed by atoms with E-state index in [9.17, 15) is 0 Å². The smallest absolute Gasteiger partial charge is 0.124 e. The van der Waals surface area contributed by atoms with Gasteiger partial charge in [0.25, 0.3) is 0 Å². The van der Waals surface area contributed by atoms with Crippen LogP contribution < -0.4 is 15.0 Å². The predicted octanol–water partition coefficient (Wildman–Crippen LogP) is 2.71. The minimum Gasteiger partial charge on any atom is -0.496 e. The van der Waals surface area contributed by atoms with Crippen molar-refractivity contribution in [2.24, 2.45) is 0 Å². The first-order valence-electron chi connectivity index (χ1n) is 6.41. The van der Waals surface area contributed by atoms with E-state index in [4.69, 9.17) is 16.3 Å². The number of ether oxygens (including phenoxy) is 1. The molecule has 18 heavy (non-hydrogen) atoms. The number of fused-ring (bicyclic) bond motifs is 1. The Morgan fingerprint density at radius 2 is 2.28 bits per heavy atom. The van der Waals surface area contributed by atoms with E-state index in [0.29, 0.717) is 6.04 Å². The summed E-state index contributed by atoms with van der Waals surface area (Å²) in [5, 5.41) is 4.03. The first-order chi connectivity index (χ1) is 8.69. The summed E-state index contributed by atoms with van der Waals surface area (Å²) < 4.78 is 5.43. The maximum absolute atomic E-state index is 6.35. The van der Waals surface area contributed by atoms with Gasteiger partial charge < -0.3 is 15.0 Å². The molecular formula is C14H21ClN2O. The van der Waals surface area contributed by atoms with Crippen LogP contribution in [0.3, 0.4) is 0 Å². The lowest BCUT2D eigenvalue weighted by molar-refractivity contribution is 0.404. The molecule has 1 N–H and O–H groups in total. The largest absolute Gasteiger partial charge is 0.496 e. The van der Waals surface area contributed by atoms with Gasteiger partial charge in [0.1, 0.15) is 5.75 Å². The normalized spacial score (nSPS) is 18.7. The van der Waals surface area contributed by atoms with Gasteiger partial charge in [0.2, 0.25) is 0 Å². The van der Waals surface area contributed by atoms with E-state index in [0.717, 1.165) is 42.3 Å². The zero-order valence-corrected chi connectivity index (χ0v) is 12.0. The topological polar surface area (TPSA) is 24.5 Å². The maximum atomic E-state index is 6.35. The second kappa shape index (κ2) is 5.81. The van der Waals surface area contributed by atoms with Crippen LogP contribution in [0.4, 0.5) is 5.69 Å². The van der Waals surface area contributed by atoms with E-state index in [-0.39, 0.29) is 0 Å². The van der Waals surface area contributed by atoms with E-state index < -0.39 is 0 Å². The number of halogens is 1. The molecule has 0 spiro atoms. The summed E-state index contributed by atoms with van der Waals surface area (Å²) >= 11 is 6.35. The zero-order valence-electron chi connectivity index (χ0n) is 11.3. The minimum absolute atomic E-state index is 0.551. The van der Waals surface area contributed by atoms with Crippen LogP contribution in [0.5, 0.6) is 5.75 Å². The number of anilines is 1. The number of hydrogen-bond donors (Lipinski definition) is 1. The van der Waals surface area contributed by atoms with Crippen molar-refractivity contribution in [3.05, 3.63) is 22.7 Å². The predicted molar refractivity (Wildman–Crippen MR) is 77.1 cm³/mol. The second-order valence-corrected chi connectivity index (χ2v) is 5.18. The highest BCUT2D eigenvalue weighted by atomic mass is 35.5. The molecule has 0 saturated heterocycles. The monoisotopic (exact) mass is 268 g/mol. The molecule has 2 rings (SSSR count). The second-order valence-electron chi connectivity index (χ2n) is 4.77. The van der Waals surface area contributed by atoms with Crippen LogP contribution in [0.15, 0.2) is 12.1 Å². The Hall–Kier alpha value is -0.930. The number of benzene rings is 1. The van der Waals surface area contributed by atoms with Crippen LogP contribution in [0.25, 0.3) is 0 Å². The highest BCUT2D eigenvalue weighted by Crippen LogP contribution is 2.41. The lowest BCUT2D eigenvalue weighted by atomic mass is 9.93. The lowest BCUT2D eigenvalue weighted by Gasteiger charge is -2.37. The molecule has 3 nitrogen and oxygen atoms in total. The van der Waals surface area contributed by atoms with Crippen LogP contribution in [0.2, 0.25) is 5.02 Å². The number of nitrogens with one attached hydrogen (secondary N) is 1. The van der Waals surface area contributed by atoms with Gasteiger partial charge in [-0.15, -0.1) is 0 Å². The van der Waals surface area contributed by atoms with E-state index in [1.165, 1.54) is 5.56 Å². The lowest BCUT2D eigenvalue weighted by Crippen LogP contribution is -2.38. The molecule has 4 heteroatoms. The highest BCUT2D eigenvalue weighted by Gasteiger charge is 2.27. The Balaban J connectivity index is 2.30. The number of rotatable bonds is 4. The molecule has 0 radical (unpaired) electrons. The molecule has 100 valence electrons.